The molecule has 1 N–H and O–H groups in total. The fraction of sp³-hybridized carbons (Fsp3) is 0.500. The molecule has 1 unspecified atom stereocenters. The summed E-state index contributed by atoms with van der Waals surface area (Å²) in [6, 6.07) is 2.68. The molecule has 0 aliphatic heterocycles. The molecule has 0 saturated heterocycles. The smallest absolute Gasteiger partial charge is 0.0949 e. The zero-order valence-electron chi connectivity index (χ0n) is 11.5. The zero-order valence-corrected chi connectivity index (χ0v) is 15.3. The number of hydrogen-bond donors (Lipinski definition) is 1. The van der Waals surface area contributed by atoms with Gasteiger partial charge in [0.05, 0.1) is 13.6 Å². The van der Waals surface area contributed by atoms with E-state index >= 15 is 0 Å². The minimum atomic E-state index is 0.393. The van der Waals surface area contributed by atoms with Gasteiger partial charge in [0, 0.05) is 17.3 Å². The van der Waals surface area contributed by atoms with E-state index in [9.17, 15) is 0 Å². The Kier molecular flexibility index (Phi) is 5.80. The predicted octanol–water partition coefficient (Wildman–Crippen LogP) is 4.71. The van der Waals surface area contributed by atoms with Crippen molar-refractivity contribution in [1.29, 1.82) is 0 Å². The number of aromatic nitrogens is 1. The van der Waals surface area contributed by atoms with Crippen molar-refractivity contribution in [3.8, 4) is 0 Å². The van der Waals surface area contributed by atoms with Crippen LogP contribution in [0.25, 0.3) is 0 Å². The molecule has 2 rings (SSSR count). The minimum absolute atomic E-state index is 0.393. The molecule has 5 heteroatoms. The molecule has 1 atom stereocenters. The quantitative estimate of drug-likeness (QED) is 0.703. The predicted molar refractivity (Wildman–Crippen MR) is 93.4 cm³/mol. The Hall–Kier alpha value is 0.0200. The van der Waals surface area contributed by atoms with Crippen LogP contribution in [0.5, 0.6) is 0 Å². The average Bonchev–Trinajstić information content (AvgIpc) is 2.92. The van der Waals surface area contributed by atoms with E-state index in [4.69, 9.17) is 0 Å². The zero-order chi connectivity index (χ0) is 13.8. The summed E-state index contributed by atoms with van der Waals surface area (Å²) >= 11 is 6.03. The SMILES string of the molecule is CCCNC(Cc1nc(C)c(C)s1)c1csc(I)c1. The first-order valence-electron chi connectivity index (χ1n) is 6.50. The number of nitrogens with one attached hydrogen (secondary N) is 1. The van der Waals surface area contributed by atoms with E-state index in [-0.39, 0.29) is 0 Å². The lowest BCUT2D eigenvalue weighted by Crippen LogP contribution is -2.23. The van der Waals surface area contributed by atoms with Crippen molar-refractivity contribution in [1.82, 2.24) is 10.3 Å². The number of thiazole rings is 1. The fourth-order valence-corrected chi connectivity index (χ4v) is 4.34. The Balaban J connectivity index is 2.13. The average molecular weight is 406 g/mol. The topological polar surface area (TPSA) is 24.9 Å². The molecule has 0 aliphatic rings. The van der Waals surface area contributed by atoms with Crippen LogP contribution in [0.15, 0.2) is 11.4 Å². The van der Waals surface area contributed by atoms with Crippen LogP contribution in [0.1, 0.15) is 40.5 Å². The summed E-state index contributed by atoms with van der Waals surface area (Å²) in [7, 11) is 0. The molecule has 0 radical (unpaired) electrons. The maximum absolute atomic E-state index is 4.67. The molecule has 19 heavy (non-hydrogen) atoms. The van der Waals surface area contributed by atoms with E-state index in [1.165, 1.54) is 24.0 Å². The maximum atomic E-state index is 4.67. The van der Waals surface area contributed by atoms with Crippen molar-refractivity contribution in [3.05, 3.63) is 35.5 Å². The van der Waals surface area contributed by atoms with E-state index < -0.39 is 0 Å². The second kappa shape index (κ2) is 7.15. The van der Waals surface area contributed by atoms with Gasteiger partial charge in [-0.15, -0.1) is 22.7 Å². The lowest BCUT2D eigenvalue weighted by atomic mass is 10.1. The summed E-state index contributed by atoms with van der Waals surface area (Å²) in [6.07, 6.45) is 2.15. The molecule has 0 spiro atoms. The largest absolute Gasteiger partial charge is 0.310 e. The van der Waals surface area contributed by atoms with Gasteiger partial charge in [0.1, 0.15) is 0 Å². The van der Waals surface area contributed by atoms with Crippen molar-refractivity contribution in [2.45, 2.75) is 39.7 Å². The lowest BCUT2D eigenvalue weighted by molar-refractivity contribution is 0.529. The molecule has 0 aliphatic carbocycles. The van der Waals surface area contributed by atoms with Gasteiger partial charge in [-0.2, -0.15) is 0 Å². The van der Waals surface area contributed by atoms with E-state index in [1.807, 2.05) is 22.7 Å². The van der Waals surface area contributed by atoms with Gasteiger partial charge in [-0.3, -0.25) is 0 Å². The van der Waals surface area contributed by atoms with Crippen LogP contribution in [0.4, 0.5) is 0 Å². The second-order valence-corrected chi connectivity index (χ2v) is 8.74. The van der Waals surface area contributed by atoms with Gasteiger partial charge in [-0.25, -0.2) is 4.98 Å². The molecular formula is C14H19IN2S2. The van der Waals surface area contributed by atoms with Gasteiger partial charge in [-0.05, 0) is 66.4 Å². The highest BCUT2D eigenvalue weighted by Crippen LogP contribution is 2.27. The van der Waals surface area contributed by atoms with Gasteiger partial charge in [0.2, 0.25) is 0 Å². The first-order chi connectivity index (χ1) is 9.10. The Bertz CT molecular complexity index is 514. The Morgan fingerprint density at radius 2 is 2.21 bits per heavy atom. The third-order valence-electron chi connectivity index (χ3n) is 3.08. The molecule has 2 nitrogen and oxygen atoms in total. The molecular weight excluding hydrogens is 387 g/mol. The van der Waals surface area contributed by atoms with Crippen LogP contribution < -0.4 is 5.32 Å². The second-order valence-electron chi connectivity index (χ2n) is 4.64. The highest BCUT2D eigenvalue weighted by atomic mass is 127. The first-order valence-corrected chi connectivity index (χ1v) is 9.28. The number of aryl methyl sites for hydroxylation is 2. The molecule has 104 valence electrons. The maximum Gasteiger partial charge on any atom is 0.0949 e. The Morgan fingerprint density at radius 3 is 2.74 bits per heavy atom. The number of rotatable bonds is 6. The van der Waals surface area contributed by atoms with Crippen molar-refractivity contribution in [2.75, 3.05) is 6.54 Å². The minimum Gasteiger partial charge on any atom is -0.310 e. The molecule has 2 heterocycles. The molecule has 0 aromatic carbocycles. The van der Waals surface area contributed by atoms with E-state index in [0.29, 0.717) is 6.04 Å². The van der Waals surface area contributed by atoms with E-state index in [2.05, 4.69) is 65.1 Å². The van der Waals surface area contributed by atoms with Crippen LogP contribution in [0, 0.1) is 16.7 Å². The molecule has 2 aromatic rings. The van der Waals surface area contributed by atoms with Crippen molar-refractivity contribution in [2.24, 2.45) is 0 Å². The van der Waals surface area contributed by atoms with Crippen molar-refractivity contribution < 1.29 is 0 Å². The van der Waals surface area contributed by atoms with Gasteiger partial charge < -0.3 is 5.32 Å². The highest BCUT2D eigenvalue weighted by Gasteiger charge is 2.15. The summed E-state index contributed by atoms with van der Waals surface area (Å²) < 4.78 is 1.35. The summed E-state index contributed by atoms with van der Waals surface area (Å²) in [4.78, 5) is 6.01. The summed E-state index contributed by atoms with van der Waals surface area (Å²) in [6.45, 7) is 7.51. The standard InChI is InChI=1S/C14H19IN2S2/c1-4-5-16-12(11-6-13(15)18-8-11)7-14-17-9(2)10(3)19-14/h6,8,12,16H,4-5,7H2,1-3H3. The van der Waals surface area contributed by atoms with Gasteiger partial charge in [-0.1, -0.05) is 6.92 Å². The lowest BCUT2D eigenvalue weighted by Gasteiger charge is -2.16. The Morgan fingerprint density at radius 1 is 1.42 bits per heavy atom. The normalized spacial score (nSPS) is 12.8. The number of hydrogen-bond acceptors (Lipinski definition) is 4. The number of nitrogens with zero attached hydrogens (tertiary/aromatic N) is 1. The summed E-state index contributed by atoms with van der Waals surface area (Å²) in [5.41, 5.74) is 2.57. The van der Waals surface area contributed by atoms with E-state index in [0.717, 1.165) is 19.4 Å². The first kappa shape index (κ1) is 15.4. The Labute approximate surface area is 136 Å². The monoisotopic (exact) mass is 406 g/mol. The third kappa shape index (κ3) is 4.24. The van der Waals surface area contributed by atoms with Crippen molar-refractivity contribution in [3.63, 3.8) is 0 Å². The third-order valence-corrected chi connectivity index (χ3v) is 5.98. The van der Waals surface area contributed by atoms with Gasteiger partial charge in [0.25, 0.3) is 0 Å². The number of halogens is 1. The fourth-order valence-electron chi connectivity index (χ4n) is 1.93. The summed E-state index contributed by atoms with van der Waals surface area (Å²) in [5, 5.41) is 7.15. The molecule has 0 amide bonds. The molecule has 0 saturated carbocycles. The van der Waals surface area contributed by atoms with Crippen molar-refractivity contribution >= 4 is 45.3 Å². The van der Waals surface area contributed by atoms with Gasteiger partial charge >= 0.3 is 0 Å². The van der Waals surface area contributed by atoms with Crippen LogP contribution in [-0.4, -0.2) is 11.5 Å². The van der Waals surface area contributed by atoms with E-state index in [1.54, 1.807) is 0 Å². The molecule has 0 fully saturated rings. The summed E-state index contributed by atoms with van der Waals surface area (Å²) in [5.74, 6) is 0. The van der Waals surface area contributed by atoms with Gasteiger partial charge in [0.15, 0.2) is 0 Å². The van der Waals surface area contributed by atoms with Crippen LogP contribution in [0.3, 0.4) is 0 Å². The molecule has 2 aromatic heterocycles. The highest BCUT2D eigenvalue weighted by molar-refractivity contribution is 14.1. The van der Waals surface area contributed by atoms with Crippen LogP contribution in [-0.2, 0) is 6.42 Å². The molecule has 0 bridgehead atoms. The number of thiophene rings is 1. The van der Waals surface area contributed by atoms with Crippen LogP contribution >= 0.6 is 45.3 Å². The van der Waals surface area contributed by atoms with Crippen LogP contribution in [0.2, 0.25) is 0 Å².